The Morgan fingerprint density at radius 1 is 1.11 bits per heavy atom. The summed E-state index contributed by atoms with van der Waals surface area (Å²) in [7, 11) is 0. The van der Waals surface area contributed by atoms with Crippen molar-refractivity contribution >= 4 is 11.8 Å². The zero-order chi connectivity index (χ0) is 19.0. The maximum Gasteiger partial charge on any atom is 0.236 e. The van der Waals surface area contributed by atoms with Gasteiger partial charge in [-0.3, -0.25) is 14.5 Å². The molecule has 0 bridgehead atoms. The molecule has 0 unspecified atom stereocenters. The second-order valence-corrected chi connectivity index (χ2v) is 8.08. The largest absolute Gasteiger partial charge is 0.378 e. The number of morpholine rings is 1. The fourth-order valence-corrected chi connectivity index (χ4v) is 5.01. The van der Waals surface area contributed by atoms with E-state index in [9.17, 15) is 9.59 Å². The molecule has 3 heterocycles. The van der Waals surface area contributed by atoms with Crippen molar-refractivity contribution in [2.75, 3.05) is 52.5 Å². The molecule has 1 aromatic carbocycles. The quantitative estimate of drug-likeness (QED) is 0.804. The van der Waals surface area contributed by atoms with E-state index in [1.807, 2.05) is 15.9 Å². The molecule has 3 atom stereocenters. The van der Waals surface area contributed by atoms with E-state index in [0.29, 0.717) is 44.7 Å². The van der Waals surface area contributed by atoms with Crippen molar-refractivity contribution in [1.82, 2.24) is 14.7 Å². The number of fused-ring (bicyclic) bond motifs is 1. The van der Waals surface area contributed by atoms with Gasteiger partial charge in [-0.2, -0.15) is 0 Å². The van der Waals surface area contributed by atoms with Gasteiger partial charge in [0.25, 0.3) is 0 Å². The third-order valence-corrected chi connectivity index (χ3v) is 6.37. The summed E-state index contributed by atoms with van der Waals surface area (Å²) in [6, 6.07) is 8.50. The third-order valence-electron chi connectivity index (χ3n) is 6.37. The highest BCUT2D eigenvalue weighted by Gasteiger charge is 2.48. The van der Waals surface area contributed by atoms with Gasteiger partial charge in [0.2, 0.25) is 11.8 Å². The van der Waals surface area contributed by atoms with Crippen LogP contribution >= 0.6 is 0 Å². The smallest absolute Gasteiger partial charge is 0.236 e. The average Bonchev–Trinajstić information content (AvgIpc) is 3.20. The fraction of sp³-hybridized carbons (Fsp3) is 0.619. The van der Waals surface area contributed by atoms with Crippen LogP contribution in [0.5, 0.6) is 0 Å². The molecule has 4 rings (SSSR count). The fourth-order valence-electron chi connectivity index (χ4n) is 5.01. The molecule has 27 heavy (non-hydrogen) atoms. The molecule has 3 aliphatic heterocycles. The minimum Gasteiger partial charge on any atom is -0.378 e. The van der Waals surface area contributed by atoms with Gasteiger partial charge in [0.05, 0.1) is 25.8 Å². The van der Waals surface area contributed by atoms with Crippen molar-refractivity contribution in [3.05, 3.63) is 35.4 Å². The molecule has 2 amide bonds. The van der Waals surface area contributed by atoms with Crippen LogP contribution in [0.25, 0.3) is 0 Å². The number of hydrogen-bond donors (Lipinski definition) is 0. The Morgan fingerprint density at radius 2 is 1.85 bits per heavy atom. The molecule has 1 aromatic rings. The first kappa shape index (κ1) is 18.4. The summed E-state index contributed by atoms with van der Waals surface area (Å²) in [6.07, 6.45) is 0. The highest BCUT2D eigenvalue weighted by molar-refractivity contribution is 5.78. The van der Waals surface area contributed by atoms with Crippen molar-refractivity contribution in [3.8, 4) is 0 Å². The van der Waals surface area contributed by atoms with E-state index in [1.54, 1.807) is 6.92 Å². The molecule has 6 heteroatoms. The Hall–Kier alpha value is -1.92. The van der Waals surface area contributed by atoms with Crippen LogP contribution in [0.4, 0.5) is 0 Å². The summed E-state index contributed by atoms with van der Waals surface area (Å²) in [6.45, 7) is 9.51. The number of ether oxygens (including phenoxy) is 1. The van der Waals surface area contributed by atoms with Gasteiger partial charge in [0, 0.05) is 45.6 Å². The van der Waals surface area contributed by atoms with Crippen LogP contribution in [0.3, 0.4) is 0 Å². The number of hydrogen-bond acceptors (Lipinski definition) is 4. The zero-order valence-electron chi connectivity index (χ0n) is 16.3. The highest BCUT2D eigenvalue weighted by Crippen LogP contribution is 2.45. The molecular weight excluding hydrogens is 342 g/mol. The molecule has 3 saturated heterocycles. The van der Waals surface area contributed by atoms with Gasteiger partial charge in [-0.25, -0.2) is 0 Å². The van der Waals surface area contributed by atoms with E-state index < -0.39 is 0 Å². The maximum absolute atomic E-state index is 12.6. The monoisotopic (exact) mass is 371 g/mol. The Morgan fingerprint density at radius 3 is 2.56 bits per heavy atom. The average molecular weight is 371 g/mol. The minimum absolute atomic E-state index is 0.122. The number of carbonyl (C=O) groups is 2. The van der Waals surface area contributed by atoms with Crippen LogP contribution in [0, 0.1) is 18.8 Å². The summed E-state index contributed by atoms with van der Waals surface area (Å²) < 4.78 is 5.34. The van der Waals surface area contributed by atoms with Crippen LogP contribution in [-0.4, -0.2) is 79.0 Å². The lowest BCUT2D eigenvalue weighted by atomic mass is 9.87. The molecule has 0 aromatic heterocycles. The number of amides is 2. The Bertz CT molecular complexity index is 716. The Labute approximate surface area is 161 Å². The molecule has 0 N–H and O–H groups in total. The van der Waals surface area contributed by atoms with Crippen molar-refractivity contribution in [2.45, 2.75) is 19.9 Å². The molecule has 0 saturated carbocycles. The summed E-state index contributed by atoms with van der Waals surface area (Å²) in [4.78, 5) is 31.1. The Balaban J connectivity index is 1.48. The van der Waals surface area contributed by atoms with Crippen LogP contribution in [0.15, 0.2) is 24.3 Å². The van der Waals surface area contributed by atoms with Crippen LogP contribution in [0.1, 0.15) is 24.1 Å². The number of benzene rings is 1. The predicted octanol–water partition coefficient (Wildman–Crippen LogP) is 1.31. The van der Waals surface area contributed by atoms with Crippen LogP contribution < -0.4 is 0 Å². The summed E-state index contributed by atoms with van der Waals surface area (Å²) in [5.41, 5.74) is 2.48. The van der Waals surface area contributed by atoms with Crippen LogP contribution in [-0.2, 0) is 14.3 Å². The molecule has 6 nitrogen and oxygen atoms in total. The molecule has 3 fully saturated rings. The first-order valence-electron chi connectivity index (χ1n) is 9.95. The molecule has 146 valence electrons. The lowest BCUT2D eigenvalue weighted by molar-refractivity contribution is -0.136. The van der Waals surface area contributed by atoms with E-state index in [-0.39, 0.29) is 17.9 Å². The summed E-state index contributed by atoms with van der Waals surface area (Å²) >= 11 is 0. The van der Waals surface area contributed by atoms with Gasteiger partial charge in [0.15, 0.2) is 0 Å². The summed E-state index contributed by atoms with van der Waals surface area (Å²) in [5, 5.41) is 0. The first-order valence-corrected chi connectivity index (χ1v) is 9.95. The SMILES string of the molecule is CC(=O)N1C[C@H]2CN(CC(=O)N3CCOCC3)C[C@H]2[C@H]1c1ccccc1C. The lowest BCUT2D eigenvalue weighted by Crippen LogP contribution is -2.46. The predicted molar refractivity (Wildman–Crippen MR) is 102 cm³/mol. The number of nitrogens with zero attached hydrogens (tertiary/aromatic N) is 3. The van der Waals surface area contributed by atoms with Gasteiger partial charge in [-0.15, -0.1) is 0 Å². The van der Waals surface area contributed by atoms with E-state index in [4.69, 9.17) is 4.74 Å². The van der Waals surface area contributed by atoms with Gasteiger partial charge >= 0.3 is 0 Å². The molecule has 3 aliphatic rings. The maximum atomic E-state index is 12.6. The molecule has 0 radical (unpaired) electrons. The standard InChI is InChI=1S/C21H29N3O3/c1-15-5-3-4-6-18(15)21-19-13-22(11-17(19)12-24(21)16(2)25)14-20(26)23-7-9-27-10-8-23/h3-6,17,19,21H,7-14H2,1-2H3/t17-,19-,21-/m1/s1. The van der Waals surface area contributed by atoms with E-state index in [0.717, 1.165) is 19.6 Å². The van der Waals surface area contributed by atoms with E-state index >= 15 is 0 Å². The van der Waals surface area contributed by atoms with Gasteiger partial charge in [-0.05, 0) is 24.0 Å². The minimum atomic E-state index is 0.122. The molecular formula is C21H29N3O3. The lowest BCUT2D eigenvalue weighted by Gasteiger charge is -2.31. The zero-order valence-corrected chi connectivity index (χ0v) is 16.3. The number of likely N-dealkylation sites (tertiary alicyclic amines) is 2. The number of aryl methyl sites for hydroxylation is 1. The van der Waals surface area contributed by atoms with Crippen molar-refractivity contribution in [1.29, 1.82) is 0 Å². The highest BCUT2D eigenvalue weighted by atomic mass is 16.5. The topological polar surface area (TPSA) is 53.1 Å². The van der Waals surface area contributed by atoms with Gasteiger partial charge in [0.1, 0.15) is 0 Å². The molecule has 0 aliphatic carbocycles. The van der Waals surface area contributed by atoms with Crippen molar-refractivity contribution < 1.29 is 14.3 Å². The summed E-state index contributed by atoms with van der Waals surface area (Å²) in [5.74, 6) is 1.19. The normalized spacial score (nSPS) is 28.4. The van der Waals surface area contributed by atoms with Crippen molar-refractivity contribution in [3.63, 3.8) is 0 Å². The number of carbonyl (C=O) groups excluding carboxylic acids is 2. The Kier molecular flexibility index (Phi) is 5.19. The van der Waals surface area contributed by atoms with Gasteiger partial charge in [-0.1, -0.05) is 24.3 Å². The first-order chi connectivity index (χ1) is 13.0. The number of rotatable bonds is 3. The molecule has 0 spiro atoms. The van der Waals surface area contributed by atoms with Crippen LogP contribution in [0.2, 0.25) is 0 Å². The second kappa shape index (κ2) is 7.60. The van der Waals surface area contributed by atoms with Crippen molar-refractivity contribution in [2.24, 2.45) is 11.8 Å². The van der Waals surface area contributed by atoms with E-state index in [1.165, 1.54) is 11.1 Å². The van der Waals surface area contributed by atoms with Gasteiger partial charge < -0.3 is 14.5 Å². The second-order valence-electron chi connectivity index (χ2n) is 8.08. The van der Waals surface area contributed by atoms with E-state index in [2.05, 4.69) is 30.0 Å². The third kappa shape index (κ3) is 3.60.